The van der Waals surface area contributed by atoms with Gasteiger partial charge in [-0.15, -0.1) is 6.58 Å². The molecule has 1 amide bonds. The maximum absolute atomic E-state index is 13.8. The van der Waals surface area contributed by atoms with Crippen LogP contribution in [-0.2, 0) is 4.79 Å². The van der Waals surface area contributed by atoms with Gasteiger partial charge in [-0.1, -0.05) is 38.1 Å². The number of carbonyl (C=O) groups excluding carboxylic acids is 2. The van der Waals surface area contributed by atoms with Crippen molar-refractivity contribution in [2.45, 2.75) is 38.7 Å². The Morgan fingerprint density at radius 1 is 1.27 bits per heavy atom. The van der Waals surface area contributed by atoms with Crippen LogP contribution >= 0.6 is 0 Å². The van der Waals surface area contributed by atoms with E-state index in [1.165, 1.54) is 0 Å². The standard InChI is InChI=1S/C17H21F2NO2/c1-4-10-17(18,19)15(21)14(11-12(2)3)20-16(22)13-8-6-5-7-9-13/h4-9,12,14H,1,10-11H2,2-3H3,(H,20,22). The number of amides is 1. The molecule has 22 heavy (non-hydrogen) atoms. The zero-order chi connectivity index (χ0) is 16.8. The molecule has 1 N–H and O–H groups in total. The zero-order valence-corrected chi connectivity index (χ0v) is 12.8. The van der Waals surface area contributed by atoms with Gasteiger partial charge in [0.1, 0.15) is 0 Å². The summed E-state index contributed by atoms with van der Waals surface area (Å²) < 4.78 is 27.6. The molecule has 0 aliphatic rings. The van der Waals surface area contributed by atoms with Gasteiger partial charge >= 0.3 is 5.92 Å². The van der Waals surface area contributed by atoms with Gasteiger partial charge in [-0.2, -0.15) is 8.78 Å². The van der Waals surface area contributed by atoms with Crippen LogP contribution in [0.1, 0.15) is 37.0 Å². The largest absolute Gasteiger partial charge is 0.342 e. The third-order valence-corrected chi connectivity index (χ3v) is 3.13. The second-order valence-electron chi connectivity index (χ2n) is 5.58. The van der Waals surface area contributed by atoms with E-state index in [2.05, 4.69) is 11.9 Å². The SMILES string of the molecule is C=CCC(F)(F)C(=O)C(CC(C)C)NC(=O)c1ccccc1. The van der Waals surface area contributed by atoms with E-state index in [1.54, 1.807) is 44.2 Å². The van der Waals surface area contributed by atoms with E-state index < -0.39 is 30.1 Å². The van der Waals surface area contributed by atoms with E-state index >= 15 is 0 Å². The monoisotopic (exact) mass is 309 g/mol. The number of alkyl halides is 2. The summed E-state index contributed by atoms with van der Waals surface area (Å²) in [6.07, 6.45) is 0.426. The molecule has 0 bridgehead atoms. The predicted octanol–water partition coefficient (Wildman–Crippen LogP) is 3.61. The van der Waals surface area contributed by atoms with Gasteiger partial charge < -0.3 is 5.32 Å². The van der Waals surface area contributed by atoms with E-state index in [9.17, 15) is 18.4 Å². The van der Waals surface area contributed by atoms with E-state index in [1.807, 2.05) is 0 Å². The third-order valence-electron chi connectivity index (χ3n) is 3.13. The van der Waals surface area contributed by atoms with Crippen molar-refractivity contribution < 1.29 is 18.4 Å². The quantitative estimate of drug-likeness (QED) is 0.746. The summed E-state index contributed by atoms with van der Waals surface area (Å²) in [6, 6.07) is 6.98. The van der Waals surface area contributed by atoms with Gasteiger partial charge in [0.15, 0.2) is 0 Å². The molecule has 0 saturated carbocycles. The molecule has 0 aliphatic heterocycles. The Morgan fingerprint density at radius 3 is 2.36 bits per heavy atom. The van der Waals surface area contributed by atoms with Crippen LogP contribution < -0.4 is 5.32 Å². The van der Waals surface area contributed by atoms with Crippen molar-refractivity contribution in [2.24, 2.45) is 5.92 Å². The van der Waals surface area contributed by atoms with Gasteiger partial charge in [-0.3, -0.25) is 9.59 Å². The van der Waals surface area contributed by atoms with Crippen molar-refractivity contribution in [1.82, 2.24) is 5.32 Å². The molecule has 0 fully saturated rings. The van der Waals surface area contributed by atoms with Crippen molar-refractivity contribution in [1.29, 1.82) is 0 Å². The Balaban J connectivity index is 2.91. The minimum atomic E-state index is -3.52. The summed E-state index contributed by atoms with van der Waals surface area (Å²) in [5.41, 5.74) is 0.330. The molecule has 0 aromatic heterocycles. The number of rotatable bonds is 8. The van der Waals surface area contributed by atoms with Crippen LogP contribution in [0.3, 0.4) is 0 Å². The Labute approximate surface area is 129 Å². The molecule has 3 nitrogen and oxygen atoms in total. The fourth-order valence-corrected chi connectivity index (χ4v) is 2.07. The van der Waals surface area contributed by atoms with Crippen molar-refractivity contribution in [3.8, 4) is 0 Å². The topological polar surface area (TPSA) is 46.2 Å². The van der Waals surface area contributed by atoms with Crippen LogP contribution in [0.4, 0.5) is 8.78 Å². The first-order valence-electron chi connectivity index (χ1n) is 7.17. The average molecular weight is 309 g/mol. The van der Waals surface area contributed by atoms with Gasteiger partial charge in [0.05, 0.1) is 6.04 Å². The number of carbonyl (C=O) groups is 2. The average Bonchev–Trinajstić information content (AvgIpc) is 2.46. The minimum Gasteiger partial charge on any atom is -0.342 e. The molecular formula is C17H21F2NO2. The molecule has 1 unspecified atom stereocenters. The number of nitrogens with one attached hydrogen (secondary N) is 1. The maximum Gasteiger partial charge on any atom is 0.310 e. The van der Waals surface area contributed by atoms with E-state index in [4.69, 9.17) is 0 Å². The van der Waals surface area contributed by atoms with E-state index in [0.29, 0.717) is 5.56 Å². The first-order valence-corrected chi connectivity index (χ1v) is 7.17. The number of allylic oxidation sites excluding steroid dienone is 1. The van der Waals surface area contributed by atoms with Crippen molar-refractivity contribution in [3.05, 3.63) is 48.6 Å². The highest BCUT2D eigenvalue weighted by Gasteiger charge is 2.42. The Hall–Kier alpha value is -2.04. The molecule has 0 saturated heterocycles. The molecule has 0 heterocycles. The lowest BCUT2D eigenvalue weighted by atomic mass is 9.95. The second-order valence-corrected chi connectivity index (χ2v) is 5.58. The van der Waals surface area contributed by atoms with Crippen molar-refractivity contribution >= 4 is 11.7 Å². The normalized spacial score (nSPS) is 12.8. The van der Waals surface area contributed by atoms with Crippen LogP contribution in [0.15, 0.2) is 43.0 Å². The lowest BCUT2D eigenvalue weighted by molar-refractivity contribution is -0.145. The van der Waals surface area contributed by atoms with Crippen LogP contribution in [0.5, 0.6) is 0 Å². The smallest absolute Gasteiger partial charge is 0.310 e. The van der Waals surface area contributed by atoms with E-state index in [0.717, 1.165) is 6.08 Å². The first-order chi connectivity index (χ1) is 10.3. The molecule has 1 aromatic rings. The Kier molecular flexibility index (Phi) is 6.40. The van der Waals surface area contributed by atoms with E-state index in [-0.39, 0.29) is 12.3 Å². The highest BCUT2D eigenvalue weighted by atomic mass is 19.3. The molecule has 0 spiro atoms. The molecule has 120 valence electrons. The Bertz CT molecular complexity index is 527. The lowest BCUT2D eigenvalue weighted by Crippen LogP contribution is -2.48. The number of Topliss-reactive ketones (excluding diaryl/α,β-unsaturated/α-hetero) is 1. The van der Waals surface area contributed by atoms with Crippen LogP contribution in [-0.4, -0.2) is 23.7 Å². The zero-order valence-electron chi connectivity index (χ0n) is 12.8. The van der Waals surface area contributed by atoms with Crippen molar-refractivity contribution in [2.75, 3.05) is 0 Å². The highest BCUT2D eigenvalue weighted by molar-refractivity contribution is 5.99. The summed E-state index contributed by atoms with van der Waals surface area (Å²) in [5, 5.41) is 2.43. The summed E-state index contributed by atoms with van der Waals surface area (Å²) >= 11 is 0. The molecule has 1 atom stereocenters. The Morgan fingerprint density at radius 2 is 1.86 bits per heavy atom. The molecule has 1 rings (SSSR count). The molecule has 5 heteroatoms. The summed E-state index contributed by atoms with van der Waals surface area (Å²) in [6.45, 7) is 6.85. The maximum atomic E-state index is 13.8. The first kappa shape index (κ1) is 18.0. The van der Waals surface area contributed by atoms with Gasteiger partial charge in [-0.25, -0.2) is 0 Å². The molecule has 0 aliphatic carbocycles. The highest BCUT2D eigenvalue weighted by Crippen LogP contribution is 2.24. The number of ketones is 1. The number of halogens is 2. The summed E-state index contributed by atoms with van der Waals surface area (Å²) in [4.78, 5) is 24.1. The number of benzene rings is 1. The molecular weight excluding hydrogens is 288 g/mol. The van der Waals surface area contributed by atoms with Gasteiger partial charge in [0, 0.05) is 12.0 Å². The fraction of sp³-hybridized carbons (Fsp3) is 0.412. The molecule has 1 aromatic carbocycles. The summed E-state index contributed by atoms with van der Waals surface area (Å²) in [7, 11) is 0. The van der Waals surface area contributed by atoms with Gasteiger partial charge in [-0.05, 0) is 24.5 Å². The van der Waals surface area contributed by atoms with Gasteiger partial charge in [0.25, 0.3) is 5.91 Å². The third kappa shape index (κ3) is 5.06. The minimum absolute atomic E-state index is 0.00967. The molecule has 0 radical (unpaired) electrons. The number of hydrogen-bond acceptors (Lipinski definition) is 2. The van der Waals surface area contributed by atoms with Crippen LogP contribution in [0.25, 0.3) is 0 Å². The number of hydrogen-bond donors (Lipinski definition) is 1. The summed E-state index contributed by atoms with van der Waals surface area (Å²) in [5.74, 6) is -5.34. The van der Waals surface area contributed by atoms with Crippen LogP contribution in [0, 0.1) is 5.92 Å². The second kappa shape index (κ2) is 7.82. The van der Waals surface area contributed by atoms with Gasteiger partial charge in [0.2, 0.25) is 5.78 Å². The fourth-order valence-electron chi connectivity index (χ4n) is 2.07. The van der Waals surface area contributed by atoms with Crippen LogP contribution in [0.2, 0.25) is 0 Å². The predicted molar refractivity (Wildman–Crippen MR) is 81.9 cm³/mol. The van der Waals surface area contributed by atoms with Crippen molar-refractivity contribution in [3.63, 3.8) is 0 Å². The lowest BCUT2D eigenvalue weighted by Gasteiger charge is -2.23.